The number of amides is 1. The molecule has 0 bridgehead atoms. The quantitative estimate of drug-likeness (QED) is 0.480. The lowest BCUT2D eigenvalue weighted by molar-refractivity contribution is 0.0956. The van der Waals surface area contributed by atoms with Crippen LogP contribution in [-0.2, 0) is 0 Å². The number of nitrogens with zero attached hydrogens (tertiary/aromatic N) is 4. The van der Waals surface area contributed by atoms with Gasteiger partial charge in [0.25, 0.3) is 5.91 Å². The fourth-order valence-corrected chi connectivity index (χ4v) is 3.75. The molecule has 1 aliphatic rings. The summed E-state index contributed by atoms with van der Waals surface area (Å²) >= 11 is 6.33. The number of rotatable bonds is 7. The second-order valence-electron chi connectivity index (χ2n) is 7.54. The first-order chi connectivity index (χ1) is 15.5. The summed E-state index contributed by atoms with van der Waals surface area (Å²) in [5.41, 5.74) is 2.81. The monoisotopic (exact) mass is 451 g/mol. The van der Waals surface area contributed by atoms with Gasteiger partial charge in [-0.25, -0.2) is 9.97 Å². The second kappa shape index (κ2) is 9.82. The number of para-hydroxylation sites is 1. The third kappa shape index (κ3) is 4.91. The highest BCUT2D eigenvalue weighted by Crippen LogP contribution is 2.28. The normalized spacial score (nSPS) is 13.2. The number of nitrogens with one attached hydrogen (secondary N) is 3. The van der Waals surface area contributed by atoms with Gasteiger partial charge < -0.3 is 20.9 Å². The fourth-order valence-electron chi connectivity index (χ4n) is 3.61. The topological polar surface area (TPSA) is 95.1 Å². The minimum absolute atomic E-state index is 0.168. The Hall–Kier alpha value is -3.39. The maximum atomic E-state index is 12.4. The highest BCUT2D eigenvalue weighted by Gasteiger charge is 2.16. The number of carbonyl (C=O) groups is 1. The molecule has 3 aromatic rings. The van der Waals surface area contributed by atoms with Gasteiger partial charge in [-0.3, -0.25) is 4.79 Å². The number of halogens is 1. The molecule has 1 fully saturated rings. The molecular formula is C23H26ClN7O. The molecule has 3 N–H and O–H groups in total. The summed E-state index contributed by atoms with van der Waals surface area (Å²) in [5, 5.41) is 9.54. The van der Waals surface area contributed by atoms with E-state index < -0.39 is 0 Å². The minimum Gasteiger partial charge on any atom is -0.357 e. The van der Waals surface area contributed by atoms with Gasteiger partial charge in [0.15, 0.2) is 5.82 Å². The Morgan fingerprint density at radius 3 is 2.59 bits per heavy atom. The second-order valence-corrected chi connectivity index (χ2v) is 7.95. The number of anilines is 5. The molecule has 1 aromatic carbocycles. The van der Waals surface area contributed by atoms with Crippen molar-refractivity contribution in [2.24, 2.45) is 0 Å². The average molecular weight is 452 g/mol. The zero-order chi connectivity index (χ0) is 22.5. The van der Waals surface area contributed by atoms with Gasteiger partial charge in [-0.05, 0) is 51.0 Å². The van der Waals surface area contributed by atoms with Crippen LogP contribution in [0.5, 0.6) is 0 Å². The summed E-state index contributed by atoms with van der Waals surface area (Å²) in [4.78, 5) is 28.2. The van der Waals surface area contributed by atoms with Crippen LogP contribution >= 0.6 is 11.6 Å². The van der Waals surface area contributed by atoms with Crippen LogP contribution < -0.4 is 20.9 Å². The Kier molecular flexibility index (Phi) is 6.70. The molecule has 2 aromatic heterocycles. The van der Waals surface area contributed by atoms with E-state index in [1.807, 2.05) is 38.1 Å². The molecule has 0 unspecified atom stereocenters. The van der Waals surface area contributed by atoms with E-state index in [9.17, 15) is 4.79 Å². The highest BCUT2D eigenvalue weighted by atomic mass is 35.5. The minimum atomic E-state index is -0.168. The summed E-state index contributed by atoms with van der Waals surface area (Å²) in [5.74, 6) is 1.61. The first-order valence-electron chi connectivity index (χ1n) is 10.7. The number of pyridine rings is 1. The Bertz CT molecular complexity index is 1120. The van der Waals surface area contributed by atoms with E-state index in [0.717, 1.165) is 30.3 Å². The molecule has 166 valence electrons. The van der Waals surface area contributed by atoms with Crippen LogP contribution in [0.1, 0.15) is 35.8 Å². The van der Waals surface area contributed by atoms with Crippen molar-refractivity contribution in [1.29, 1.82) is 0 Å². The van der Waals surface area contributed by atoms with Crippen LogP contribution in [-0.4, -0.2) is 40.5 Å². The zero-order valence-electron chi connectivity index (χ0n) is 18.2. The fraction of sp³-hybridized carbons (Fsp3) is 0.304. The number of hydrogen-bond donors (Lipinski definition) is 3. The van der Waals surface area contributed by atoms with Gasteiger partial charge in [0.2, 0.25) is 5.95 Å². The van der Waals surface area contributed by atoms with E-state index in [2.05, 4.69) is 30.8 Å². The molecule has 8 nitrogen and oxygen atoms in total. The molecule has 1 amide bonds. The standard InChI is InChI=1S/C23H26ClN7O/c1-3-25-22(32)16-8-4-5-9-19(16)28-21-17(24)14-26-23(30-21)29-18-10-11-20(27-15(18)2)31-12-6-7-13-31/h4-5,8-11,14H,3,6-7,12-13H2,1-2H3,(H,25,32)(H2,26,28,29,30). The molecule has 0 radical (unpaired) electrons. The number of carbonyl (C=O) groups excluding carboxylic acids is 1. The van der Waals surface area contributed by atoms with E-state index in [4.69, 9.17) is 16.6 Å². The van der Waals surface area contributed by atoms with E-state index in [0.29, 0.717) is 34.6 Å². The molecular weight excluding hydrogens is 426 g/mol. The van der Waals surface area contributed by atoms with Crippen molar-refractivity contribution < 1.29 is 4.79 Å². The summed E-state index contributed by atoms with van der Waals surface area (Å²) in [7, 11) is 0. The van der Waals surface area contributed by atoms with Crippen molar-refractivity contribution in [2.45, 2.75) is 26.7 Å². The third-order valence-electron chi connectivity index (χ3n) is 5.25. The molecule has 0 saturated carbocycles. The summed E-state index contributed by atoms with van der Waals surface area (Å²) in [6, 6.07) is 11.2. The van der Waals surface area contributed by atoms with E-state index in [-0.39, 0.29) is 5.91 Å². The van der Waals surface area contributed by atoms with Crippen LogP contribution in [0.25, 0.3) is 0 Å². The predicted molar refractivity (Wildman–Crippen MR) is 128 cm³/mol. The van der Waals surface area contributed by atoms with E-state index in [1.165, 1.54) is 19.0 Å². The van der Waals surface area contributed by atoms with Gasteiger partial charge in [-0.2, -0.15) is 4.98 Å². The lowest BCUT2D eigenvalue weighted by atomic mass is 10.1. The van der Waals surface area contributed by atoms with Crippen LogP contribution in [0, 0.1) is 6.92 Å². The Labute approximate surface area is 192 Å². The Morgan fingerprint density at radius 1 is 1.06 bits per heavy atom. The van der Waals surface area contributed by atoms with Gasteiger partial charge in [0, 0.05) is 19.6 Å². The smallest absolute Gasteiger partial charge is 0.253 e. The highest BCUT2D eigenvalue weighted by molar-refractivity contribution is 6.33. The average Bonchev–Trinajstić information content (AvgIpc) is 3.33. The van der Waals surface area contributed by atoms with E-state index >= 15 is 0 Å². The molecule has 0 spiro atoms. The van der Waals surface area contributed by atoms with Crippen molar-refractivity contribution in [1.82, 2.24) is 20.3 Å². The lowest BCUT2D eigenvalue weighted by Gasteiger charge is -2.18. The maximum Gasteiger partial charge on any atom is 0.253 e. The van der Waals surface area contributed by atoms with Crippen LogP contribution in [0.15, 0.2) is 42.6 Å². The summed E-state index contributed by atoms with van der Waals surface area (Å²) in [6.45, 7) is 6.47. The first-order valence-corrected chi connectivity index (χ1v) is 11.1. The lowest BCUT2D eigenvalue weighted by Crippen LogP contribution is -2.23. The van der Waals surface area contributed by atoms with Gasteiger partial charge in [0.1, 0.15) is 10.8 Å². The molecule has 0 aliphatic carbocycles. The Balaban J connectivity index is 1.55. The number of benzene rings is 1. The Morgan fingerprint density at radius 2 is 1.84 bits per heavy atom. The van der Waals surface area contributed by atoms with Gasteiger partial charge >= 0.3 is 0 Å². The molecule has 1 aliphatic heterocycles. The third-order valence-corrected chi connectivity index (χ3v) is 5.53. The molecule has 4 rings (SSSR count). The van der Waals surface area contributed by atoms with Crippen molar-refractivity contribution in [3.8, 4) is 0 Å². The van der Waals surface area contributed by atoms with Crippen molar-refractivity contribution in [3.05, 3.63) is 58.9 Å². The van der Waals surface area contributed by atoms with Gasteiger partial charge in [0.05, 0.1) is 28.8 Å². The van der Waals surface area contributed by atoms with Gasteiger partial charge in [-0.15, -0.1) is 0 Å². The molecule has 32 heavy (non-hydrogen) atoms. The van der Waals surface area contributed by atoms with Crippen LogP contribution in [0.4, 0.5) is 29.0 Å². The predicted octanol–water partition coefficient (Wildman–Crippen LogP) is 4.67. The maximum absolute atomic E-state index is 12.4. The number of hydrogen-bond acceptors (Lipinski definition) is 7. The van der Waals surface area contributed by atoms with Crippen LogP contribution in [0.3, 0.4) is 0 Å². The molecule has 3 heterocycles. The van der Waals surface area contributed by atoms with E-state index in [1.54, 1.807) is 12.1 Å². The largest absolute Gasteiger partial charge is 0.357 e. The zero-order valence-corrected chi connectivity index (χ0v) is 18.9. The van der Waals surface area contributed by atoms with Crippen molar-refractivity contribution in [3.63, 3.8) is 0 Å². The summed E-state index contributed by atoms with van der Waals surface area (Å²) in [6.07, 6.45) is 3.94. The SMILES string of the molecule is CCNC(=O)c1ccccc1Nc1nc(Nc2ccc(N3CCCC3)nc2C)ncc1Cl. The van der Waals surface area contributed by atoms with Crippen LogP contribution in [0.2, 0.25) is 5.02 Å². The molecule has 1 saturated heterocycles. The molecule has 9 heteroatoms. The molecule has 0 atom stereocenters. The summed E-state index contributed by atoms with van der Waals surface area (Å²) < 4.78 is 0. The van der Waals surface area contributed by atoms with Crippen molar-refractivity contribution in [2.75, 3.05) is 35.2 Å². The number of aryl methyl sites for hydroxylation is 1. The first kappa shape index (κ1) is 21.8. The van der Waals surface area contributed by atoms with Crippen molar-refractivity contribution >= 4 is 46.5 Å². The number of aromatic nitrogens is 3. The van der Waals surface area contributed by atoms with Gasteiger partial charge in [-0.1, -0.05) is 23.7 Å².